The topological polar surface area (TPSA) is 34.1 Å². The minimum atomic E-state index is 0.794. The molecule has 1 aromatic rings. The molecule has 0 saturated carbocycles. The van der Waals surface area contributed by atoms with Crippen LogP contribution in [-0.4, -0.2) is 30.6 Å². The van der Waals surface area contributed by atoms with Crippen molar-refractivity contribution in [2.45, 2.75) is 12.8 Å². The highest BCUT2D eigenvalue weighted by Gasteiger charge is 1.94. The Kier molecular flexibility index (Phi) is 6.00. The third kappa shape index (κ3) is 4.93. The maximum atomic E-state index is 5.03. The van der Waals surface area contributed by atoms with Crippen molar-refractivity contribution in [3.8, 4) is 5.75 Å². The zero-order valence-electron chi connectivity index (χ0n) is 9.32. The van der Waals surface area contributed by atoms with Crippen molar-refractivity contribution in [3.05, 3.63) is 18.3 Å². The van der Waals surface area contributed by atoms with E-state index in [1.807, 2.05) is 23.9 Å². The van der Waals surface area contributed by atoms with E-state index in [9.17, 15) is 0 Å². The van der Waals surface area contributed by atoms with Gasteiger partial charge in [-0.1, -0.05) is 0 Å². The molecule has 0 aliphatic heterocycles. The number of unbranched alkanes of at least 4 members (excludes halogenated alkanes) is 1. The Labute approximate surface area is 95.6 Å². The van der Waals surface area contributed by atoms with Crippen LogP contribution in [-0.2, 0) is 0 Å². The second-order valence-corrected chi connectivity index (χ2v) is 4.20. The Bertz CT molecular complexity index is 264. The number of pyridine rings is 1. The van der Waals surface area contributed by atoms with Crippen LogP contribution in [0.25, 0.3) is 0 Å². The highest BCUT2D eigenvalue weighted by molar-refractivity contribution is 7.98. The van der Waals surface area contributed by atoms with Crippen molar-refractivity contribution in [3.63, 3.8) is 0 Å². The standard InChI is InChI=1S/C11H18N2OS/c1-14-10-5-6-11(13-9-10)12-7-3-4-8-15-2/h5-6,9H,3-4,7-8H2,1-2H3,(H,12,13). The predicted molar refractivity (Wildman–Crippen MR) is 66.9 cm³/mol. The fourth-order valence-corrected chi connectivity index (χ4v) is 1.69. The number of nitrogens with zero attached hydrogens (tertiary/aromatic N) is 1. The van der Waals surface area contributed by atoms with Crippen LogP contribution < -0.4 is 10.1 Å². The van der Waals surface area contributed by atoms with Crippen molar-refractivity contribution >= 4 is 17.6 Å². The molecular formula is C11H18N2OS. The normalized spacial score (nSPS) is 10.0. The van der Waals surface area contributed by atoms with Gasteiger partial charge >= 0.3 is 0 Å². The van der Waals surface area contributed by atoms with Crippen LogP contribution in [0.1, 0.15) is 12.8 Å². The highest BCUT2D eigenvalue weighted by atomic mass is 32.2. The molecule has 1 N–H and O–H groups in total. The van der Waals surface area contributed by atoms with E-state index < -0.39 is 0 Å². The van der Waals surface area contributed by atoms with Gasteiger partial charge < -0.3 is 10.1 Å². The van der Waals surface area contributed by atoms with Gasteiger partial charge in [-0.05, 0) is 37.0 Å². The van der Waals surface area contributed by atoms with Crippen LogP contribution >= 0.6 is 11.8 Å². The molecule has 0 spiro atoms. The van der Waals surface area contributed by atoms with Gasteiger partial charge in [-0.3, -0.25) is 0 Å². The third-order valence-electron chi connectivity index (χ3n) is 2.05. The van der Waals surface area contributed by atoms with Crippen LogP contribution in [0.5, 0.6) is 5.75 Å². The molecule has 0 aromatic carbocycles. The first-order valence-electron chi connectivity index (χ1n) is 5.09. The number of rotatable bonds is 7. The fourth-order valence-electron chi connectivity index (χ4n) is 1.19. The van der Waals surface area contributed by atoms with E-state index in [4.69, 9.17) is 4.74 Å². The second kappa shape index (κ2) is 7.40. The zero-order chi connectivity index (χ0) is 10.9. The van der Waals surface area contributed by atoms with Gasteiger partial charge in [0, 0.05) is 6.54 Å². The Balaban J connectivity index is 2.20. The van der Waals surface area contributed by atoms with Crippen LogP contribution in [0.15, 0.2) is 18.3 Å². The first kappa shape index (κ1) is 12.2. The summed E-state index contributed by atoms with van der Waals surface area (Å²) in [7, 11) is 1.65. The number of hydrogen-bond acceptors (Lipinski definition) is 4. The molecule has 0 aliphatic carbocycles. The quantitative estimate of drug-likeness (QED) is 0.725. The minimum Gasteiger partial charge on any atom is -0.495 e. The minimum absolute atomic E-state index is 0.794. The van der Waals surface area contributed by atoms with Crippen molar-refractivity contribution < 1.29 is 4.74 Å². The predicted octanol–water partition coefficient (Wildman–Crippen LogP) is 2.65. The van der Waals surface area contributed by atoms with Crippen LogP contribution in [0, 0.1) is 0 Å². The smallest absolute Gasteiger partial charge is 0.137 e. The average Bonchev–Trinajstić information content (AvgIpc) is 2.30. The Hall–Kier alpha value is -0.900. The maximum Gasteiger partial charge on any atom is 0.137 e. The molecule has 1 rings (SSSR count). The molecule has 84 valence electrons. The summed E-state index contributed by atoms with van der Waals surface area (Å²) in [6.07, 6.45) is 6.31. The van der Waals surface area contributed by atoms with Gasteiger partial charge in [0.1, 0.15) is 11.6 Å². The lowest BCUT2D eigenvalue weighted by Gasteiger charge is -2.05. The number of thioether (sulfide) groups is 1. The first-order valence-corrected chi connectivity index (χ1v) is 6.49. The van der Waals surface area contributed by atoms with E-state index in [-0.39, 0.29) is 0 Å². The van der Waals surface area contributed by atoms with Crippen LogP contribution in [0.3, 0.4) is 0 Å². The van der Waals surface area contributed by atoms with Gasteiger partial charge in [0.05, 0.1) is 13.3 Å². The molecule has 0 radical (unpaired) electrons. The molecule has 0 atom stereocenters. The second-order valence-electron chi connectivity index (χ2n) is 3.21. The number of aromatic nitrogens is 1. The molecule has 4 heteroatoms. The van der Waals surface area contributed by atoms with Gasteiger partial charge in [0.25, 0.3) is 0 Å². The summed E-state index contributed by atoms with van der Waals surface area (Å²) in [6.45, 7) is 0.986. The lowest BCUT2D eigenvalue weighted by molar-refractivity contribution is 0.413. The van der Waals surface area contributed by atoms with E-state index in [0.717, 1.165) is 18.1 Å². The van der Waals surface area contributed by atoms with E-state index in [1.165, 1.54) is 18.6 Å². The molecule has 0 aliphatic rings. The van der Waals surface area contributed by atoms with Crippen LogP contribution in [0.4, 0.5) is 5.82 Å². The largest absolute Gasteiger partial charge is 0.495 e. The molecule has 1 heterocycles. The summed E-state index contributed by atoms with van der Waals surface area (Å²) < 4.78 is 5.03. The zero-order valence-corrected chi connectivity index (χ0v) is 10.1. The van der Waals surface area contributed by atoms with Gasteiger partial charge in [0.2, 0.25) is 0 Å². The molecule has 0 bridgehead atoms. The monoisotopic (exact) mass is 226 g/mol. The molecular weight excluding hydrogens is 208 g/mol. The Morgan fingerprint density at radius 2 is 2.27 bits per heavy atom. The number of nitrogens with one attached hydrogen (secondary N) is 1. The third-order valence-corrected chi connectivity index (χ3v) is 2.75. The van der Waals surface area contributed by atoms with Crippen molar-refractivity contribution in [2.75, 3.05) is 31.0 Å². The van der Waals surface area contributed by atoms with Gasteiger partial charge in [-0.15, -0.1) is 0 Å². The number of methoxy groups -OCH3 is 1. The van der Waals surface area contributed by atoms with E-state index in [0.29, 0.717) is 0 Å². The van der Waals surface area contributed by atoms with Crippen molar-refractivity contribution in [2.24, 2.45) is 0 Å². The van der Waals surface area contributed by atoms with Crippen molar-refractivity contribution in [1.82, 2.24) is 4.98 Å². The summed E-state index contributed by atoms with van der Waals surface area (Å²) in [4.78, 5) is 4.23. The summed E-state index contributed by atoms with van der Waals surface area (Å²) in [5.74, 6) is 2.94. The highest BCUT2D eigenvalue weighted by Crippen LogP contribution is 2.11. The molecule has 3 nitrogen and oxygen atoms in total. The first-order chi connectivity index (χ1) is 7.36. The molecule has 15 heavy (non-hydrogen) atoms. The number of hydrogen-bond donors (Lipinski definition) is 1. The molecule has 1 aromatic heterocycles. The van der Waals surface area contributed by atoms with Gasteiger partial charge in [0.15, 0.2) is 0 Å². The lowest BCUT2D eigenvalue weighted by Crippen LogP contribution is -2.03. The fraction of sp³-hybridized carbons (Fsp3) is 0.545. The molecule has 0 fully saturated rings. The summed E-state index contributed by atoms with van der Waals surface area (Å²) in [5.41, 5.74) is 0. The summed E-state index contributed by atoms with van der Waals surface area (Å²) in [6, 6.07) is 3.85. The molecule has 0 saturated heterocycles. The van der Waals surface area contributed by atoms with E-state index in [1.54, 1.807) is 13.3 Å². The van der Waals surface area contributed by atoms with E-state index in [2.05, 4.69) is 16.6 Å². The number of ether oxygens (including phenoxy) is 1. The average molecular weight is 226 g/mol. The SMILES string of the molecule is COc1ccc(NCCCCSC)nc1. The Morgan fingerprint density at radius 1 is 1.40 bits per heavy atom. The van der Waals surface area contributed by atoms with Crippen LogP contribution in [0.2, 0.25) is 0 Å². The Morgan fingerprint density at radius 3 is 2.87 bits per heavy atom. The maximum absolute atomic E-state index is 5.03. The lowest BCUT2D eigenvalue weighted by atomic mass is 10.3. The molecule has 0 unspecified atom stereocenters. The van der Waals surface area contributed by atoms with E-state index >= 15 is 0 Å². The summed E-state index contributed by atoms with van der Waals surface area (Å²) >= 11 is 1.89. The number of anilines is 1. The van der Waals surface area contributed by atoms with Gasteiger partial charge in [-0.2, -0.15) is 11.8 Å². The van der Waals surface area contributed by atoms with Gasteiger partial charge in [-0.25, -0.2) is 4.98 Å². The van der Waals surface area contributed by atoms with Crippen molar-refractivity contribution in [1.29, 1.82) is 0 Å². The summed E-state index contributed by atoms with van der Waals surface area (Å²) in [5, 5.41) is 3.28. The molecule has 0 amide bonds.